The van der Waals surface area contributed by atoms with Gasteiger partial charge in [0.1, 0.15) is 0 Å². The van der Waals surface area contributed by atoms with Gasteiger partial charge in [-0.1, -0.05) is 60.3 Å². The molecule has 5 rings (SSSR count). The van der Waals surface area contributed by atoms with Gasteiger partial charge in [0.05, 0.1) is 16.3 Å². The predicted molar refractivity (Wildman–Crippen MR) is 155 cm³/mol. The molecule has 4 aromatic rings. The second-order valence-electron chi connectivity index (χ2n) is 9.93. The summed E-state index contributed by atoms with van der Waals surface area (Å²) >= 11 is 1.33. The number of fused-ring (bicyclic) bond motifs is 1. The fourth-order valence-corrected chi connectivity index (χ4v) is 6.80. The Hall–Kier alpha value is -3.47. The summed E-state index contributed by atoms with van der Waals surface area (Å²) < 4.78 is 28.8. The van der Waals surface area contributed by atoms with Gasteiger partial charge in [-0.15, -0.1) is 10.2 Å². The second-order valence-corrected chi connectivity index (χ2v) is 13.0. The first-order valence-corrected chi connectivity index (χ1v) is 15.1. The Labute approximate surface area is 233 Å². The summed E-state index contributed by atoms with van der Waals surface area (Å²) in [6.45, 7) is 6.09. The SMILES string of the molecule is Cc1cccc(C)c1-n1c(SCC(=O)N2c3ccccc3C[C@@H]2C)nnc1-c1cccc(S(=O)(=O)N(C)C)c1. The lowest BCUT2D eigenvalue weighted by molar-refractivity contribution is -0.116. The van der Waals surface area contributed by atoms with Gasteiger partial charge in [-0.05, 0) is 62.1 Å². The zero-order valence-electron chi connectivity index (χ0n) is 22.6. The Morgan fingerprint density at radius 2 is 1.69 bits per heavy atom. The number of hydrogen-bond donors (Lipinski definition) is 0. The molecule has 202 valence electrons. The van der Waals surface area contributed by atoms with Crippen molar-refractivity contribution in [1.82, 2.24) is 19.1 Å². The lowest BCUT2D eigenvalue weighted by atomic mass is 10.1. The van der Waals surface area contributed by atoms with Gasteiger partial charge < -0.3 is 4.90 Å². The van der Waals surface area contributed by atoms with Crippen LogP contribution < -0.4 is 4.90 Å². The predicted octanol–water partition coefficient (Wildman–Crippen LogP) is 4.87. The van der Waals surface area contributed by atoms with Crippen molar-refractivity contribution >= 4 is 33.4 Å². The van der Waals surface area contributed by atoms with E-state index in [0.29, 0.717) is 16.5 Å². The maximum atomic E-state index is 13.4. The van der Waals surface area contributed by atoms with Crippen molar-refractivity contribution in [3.8, 4) is 17.1 Å². The van der Waals surface area contributed by atoms with Crippen LogP contribution in [-0.4, -0.2) is 59.3 Å². The molecule has 10 heteroatoms. The first-order valence-electron chi connectivity index (χ1n) is 12.7. The highest BCUT2D eigenvalue weighted by molar-refractivity contribution is 7.99. The molecule has 0 saturated carbocycles. The third kappa shape index (κ3) is 4.99. The van der Waals surface area contributed by atoms with Crippen LogP contribution in [0.3, 0.4) is 0 Å². The van der Waals surface area contributed by atoms with Crippen LogP contribution in [0, 0.1) is 13.8 Å². The Morgan fingerprint density at radius 3 is 2.41 bits per heavy atom. The average molecular weight is 562 g/mol. The summed E-state index contributed by atoms with van der Waals surface area (Å²) in [7, 11) is -0.621. The van der Waals surface area contributed by atoms with Crippen LogP contribution in [0.4, 0.5) is 5.69 Å². The zero-order valence-corrected chi connectivity index (χ0v) is 24.3. The zero-order chi connectivity index (χ0) is 27.9. The molecule has 1 aromatic heterocycles. The highest BCUT2D eigenvalue weighted by atomic mass is 32.2. The van der Waals surface area contributed by atoms with Crippen LogP contribution in [-0.2, 0) is 21.2 Å². The van der Waals surface area contributed by atoms with Crippen molar-refractivity contribution < 1.29 is 13.2 Å². The minimum absolute atomic E-state index is 0.00845. The molecule has 1 amide bonds. The third-order valence-electron chi connectivity index (χ3n) is 6.97. The van der Waals surface area contributed by atoms with E-state index in [1.807, 2.05) is 65.8 Å². The van der Waals surface area contributed by atoms with E-state index in [1.54, 1.807) is 18.2 Å². The van der Waals surface area contributed by atoms with Crippen molar-refractivity contribution in [2.45, 2.75) is 43.3 Å². The highest BCUT2D eigenvalue weighted by Crippen LogP contribution is 2.35. The molecule has 0 spiro atoms. The molecule has 0 bridgehead atoms. The maximum Gasteiger partial charge on any atom is 0.242 e. The molecule has 1 aliphatic heterocycles. The van der Waals surface area contributed by atoms with Gasteiger partial charge in [0.2, 0.25) is 15.9 Å². The van der Waals surface area contributed by atoms with Crippen molar-refractivity contribution in [3.63, 3.8) is 0 Å². The topological polar surface area (TPSA) is 88.4 Å². The standard InChI is InChI=1S/C29H31N5O3S2/c1-19-10-8-11-20(2)27(19)34-28(23-13-9-14-24(17-23)39(36,37)32(4)5)30-31-29(34)38-18-26(35)33-21(3)16-22-12-6-7-15-25(22)33/h6-15,17,21H,16,18H2,1-5H3/t21-/m0/s1. The number of rotatable bonds is 7. The third-order valence-corrected chi connectivity index (χ3v) is 9.69. The molecule has 0 aliphatic carbocycles. The van der Waals surface area contributed by atoms with E-state index in [9.17, 15) is 13.2 Å². The van der Waals surface area contributed by atoms with Crippen molar-refractivity contribution in [1.29, 1.82) is 0 Å². The number of carbonyl (C=O) groups is 1. The Kier molecular flexibility index (Phi) is 7.37. The van der Waals surface area contributed by atoms with Crippen LogP contribution in [0.1, 0.15) is 23.6 Å². The molecule has 0 N–H and O–H groups in total. The number of thioether (sulfide) groups is 1. The van der Waals surface area contributed by atoms with Gasteiger partial charge in [0.15, 0.2) is 11.0 Å². The summed E-state index contributed by atoms with van der Waals surface area (Å²) in [5.41, 5.74) is 5.71. The Morgan fingerprint density at radius 1 is 1.00 bits per heavy atom. The summed E-state index contributed by atoms with van der Waals surface area (Å²) in [4.78, 5) is 15.5. The number of aromatic nitrogens is 3. The number of carbonyl (C=O) groups excluding carboxylic acids is 1. The van der Waals surface area contributed by atoms with E-state index in [0.717, 1.165) is 28.9 Å². The second kappa shape index (κ2) is 10.6. The van der Waals surface area contributed by atoms with E-state index >= 15 is 0 Å². The molecular formula is C29H31N5O3S2. The van der Waals surface area contributed by atoms with E-state index < -0.39 is 10.0 Å². The number of aryl methyl sites for hydroxylation is 2. The number of anilines is 1. The molecule has 0 saturated heterocycles. The van der Waals surface area contributed by atoms with Gasteiger partial charge in [0.25, 0.3) is 0 Å². The van der Waals surface area contributed by atoms with Crippen LogP contribution in [0.25, 0.3) is 17.1 Å². The van der Waals surface area contributed by atoms with Crippen LogP contribution >= 0.6 is 11.8 Å². The fraction of sp³-hybridized carbons (Fsp3) is 0.276. The molecule has 1 atom stereocenters. The lowest BCUT2D eigenvalue weighted by Crippen LogP contribution is -2.37. The number of benzene rings is 3. The number of amides is 1. The number of hydrogen-bond acceptors (Lipinski definition) is 6. The van der Waals surface area contributed by atoms with E-state index in [-0.39, 0.29) is 22.6 Å². The van der Waals surface area contributed by atoms with Crippen LogP contribution in [0.15, 0.2) is 76.8 Å². The van der Waals surface area contributed by atoms with Crippen molar-refractivity contribution in [2.75, 3.05) is 24.7 Å². The molecule has 2 heterocycles. The Bertz CT molecular complexity index is 1640. The molecule has 0 unspecified atom stereocenters. The van der Waals surface area contributed by atoms with E-state index in [2.05, 4.69) is 23.2 Å². The normalized spacial score (nSPS) is 15.1. The minimum Gasteiger partial charge on any atom is -0.308 e. The average Bonchev–Trinajstić information content (AvgIpc) is 3.47. The van der Waals surface area contributed by atoms with Crippen molar-refractivity contribution in [2.24, 2.45) is 0 Å². The summed E-state index contributed by atoms with van der Waals surface area (Å²) in [5.74, 6) is 0.712. The van der Waals surface area contributed by atoms with Gasteiger partial charge in [-0.25, -0.2) is 12.7 Å². The van der Waals surface area contributed by atoms with E-state index in [1.165, 1.54) is 35.7 Å². The largest absolute Gasteiger partial charge is 0.308 e. The van der Waals surface area contributed by atoms with Gasteiger partial charge in [-0.3, -0.25) is 9.36 Å². The summed E-state index contributed by atoms with van der Waals surface area (Å²) in [5, 5.41) is 9.55. The number of para-hydroxylation sites is 2. The highest BCUT2D eigenvalue weighted by Gasteiger charge is 2.31. The smallest absolute Gasteiger partial charge is 0.242 e. The van der Waals surface area contributed by atoms with Crippen LogP contribution in [0.5, 0.6) is 0 Å². The summed E-state index contributed by atoms with van der Waals surface area (Å²) in [6.07, 6.45) is 0.835. The molecule has 0 radical (unpaired) electrons. The van der Waals surface area contributed by atoms with Gasteiger partial charge in [-0.2, -0.15) is 0 Å². The fourth-order valence-electron chi connectivity index (χ4n) is 5.06. The Balaban J connectivity index is 1.54. The van der Waals surface area contributed by atoms with Crippen molar-refractivity contribution in [3.05, 3.63) is 83.4 Å². The molecule has 8 nitrogen and oxygen atoms in total. The molecular weight excluding hydrogens is 530 g/mol. The molecule has 39 heavy (non-hydrogen) atoms. The summed E-state index contributed by atoms with van der Waals surface area (Å²) in [6, 6.07) is 20.9. The number of nitrogens with zero attached hydrogens (tertiary/aromatic N) is 5. The molecule has 0 fully saturated rings. The molecule has 1 aliphatic rings. The molecule has 3 aromatic carbocycles. The lowest BCUT2D eigenvalue weighted by Gasteiger charge is -2.22. The number of sulfonamides is 1. The van der Waals surface area contributed by atoms with Gasteiger partial charge in [0, 0.05) is 31.4 Å². The maximum absolute atomic E-state index is 13.4. The quantitative estimate of drug-likeness (QED) is 0.299. The van der Waals surface area contributed by atoms with Gasteiger partial charge >= 0.3 is 0 Å². The first kappa shape index (κ1) is 27.1. The first-order chi connectivity index (χ1) is 18.6. The monoisotopic (exact) mass is 561 g/mol. The van der Waals surface area contributed by atoms with Crippen LogP contribution in [0.2, 0.25) is 0 Å². The minimum atomic E-state index is -3.63. The van der Waals surface area contributed by atoms with E-state index in [4.69, 9.17) is 0 Å².